The standard InChI is InChI=1S/C23H22ClF6N5O3/c1-21(31,14-3-2-4-15(9-14)22(25,26)27)12-32-18(37)11-35-20(38)34(10-17(36)23(28,29)30)19(33-35)13-5-7-16(24)8-6-13/h2-9,17,36H,10-12,31H2,1H3,(H,32,37)/t17-,21?/m0/s1. The van der Waals surface area contributed by atoms with E-state index in [4.69, 9.17) is 17.3 Å². The molecule has 4 N–H and O–H groups in total. The lowest BCUT2D eigenvalue weighted by Crippen LogP contribution is -2.46. The molecule has 3 aromatic rings. The molecule has 0 saturated carbocycles. The van der Waals surface area contributed by atoms with Crippen molar-refractivity contribution in [3.05, 3.63) is 75.2 Å². The fourth-order valence-corrected chi connectivity index (χ4v) is 3.55. The molecule has 0 fully saturated rings. The number of amides is 1. The molecule has 206 valence electrons. The maximum atomic E-state index is 13.0. The van der Waals surface area contributed by atoms with E-state index in [0.29, 0.717) is 14.3 Å². The number of aliphatic hydroxyl groups is 1. The summed E-state index contributed by atoms with van der Waals surface area (Å²) in [6, 6.07) is 9.85. The third-order valence-corrected chi connectivity index (χ3v) is 5.81. The van der Waals surface area contributed by atoms with Crippen LogP contribution in [0.4, 0.5) is 26.3 Å². The Hall–Kier alpha value is -3.36. The largest absolute Gasteiger partial charge is 0.416 e. The van der Waals surface area contributed by atoms with E-state index < -0.39 is 54.2 Å². The maximum Gasteiger partial charge on any atom is 0.416 e. The Morgan fingerprint density at radius 2 is 1.71 bits per heavy atom. The predicted octanol–water partition coefficient (Wildman–Crippen LogP) is 3.30. The molecule has 0 saturated heterocycles. The van der Waals surface area contributed by atoms with E-state index in [9.17, 15) is 41.0 Å². The number of nitrogens with two attached hydrogens (primary N) is 1. The van der Waals surface area contributed by atoms with Crippen LogP contribution in [0.3, 0.4) is 0 Å². The lowest BCUT2D eigenvalue weighted by Gasteiger charge is -2.26. The van der Waals surface area contributed by atoms with Gasteiger partial charge < -0.3 is 16.2 Å². The molecule has 0 aliphatic carbocycles. The average Bonchev–Trinajstić information content (AvgIpc) is 3.12. The van der Waals surface area contributed by atoms with Crippen LogP contribution in [-0.4, -0.2) is 44.2 Å². The average molecular weight is 566 g/mol. The molecule has 0 aliphatic heterocycles. The van der Waals surface area contributed by atoms with Crippen LogP contribution in [0.1, 0.15) is 18.1 Å². The summed E-state index contributed by atoms with van der Waals surface area (Å²) in [5.74, 6) is -1.09. The van der Waals surface area contributed by atoms with Gasteiger partial charge in [0, 0.05) is 17.1 Å². The first-order valence-electron chi connectivity index (χ1n) is 10.9. The van der Waals surface area contributed by atoms with Gasteiger partial charge in [0.2, 0.25) is 5.91 Å². The van der Waals surface area contributed by atoms with Gasteiger partial charge in [-0.2, -0.15) is 26.3 Å². The topological polar surface area (TPSA) is 115 Å². The van der Waals surface area contributed by atoms with Gasteiger partial charge in [-0.05, 0) is 48.9 Å². The second-order valence-electron chi connectivity index (χ2n) is 8.71. The van der Waals surface area contributed by atoms with Crippen molar-refractivity contribution < 1.29 is 36.2 Å². The number of nitrogens with zero attached hydrogens (tertiary/aromatic N) is 3. The fourth-order valence-electron chi connectivity index (χ4n) is 3.42. The summed E-state index contributed by atoms with van der Waals surface area (Å²) in [6.07, 6.45) is -12.5. The minimum absolute atomic E-state index is 0.0835. The first-order valence-corrected chi connectivity index (χ1v) is 11.3. The van der Waals surface area contributed by atoms with E-state index >= 15 is 0 Å². The number of nitrogens with one attached hydrogen (secondary N) is 1. The lowest BCUT2D eigenvalue weighted by atomic mass is 9.91. The van der Waals surface area contributed by atoms with Crippen molar-refractivity contribution in [2.24, 2.45) is 5.73 Å². The Balaban J connectivity index is 1.82. The SMILES string of the molecule is CC(N)(CNC(=O)Cn1nc(-c2ccc(Cl)cc2)n(C[C@H](O)C(F)(F)F)c1=O)c1cccc(C(F)(F)F)c1. The molecule has 0 aliphatic rings. The molecule has 38 heavy (non-hydrogen) atoms. The van der Waals surface area contributed by atoms with Gasteiger partial charge in [0.15, 0.2) is 11.9 Å². The summed E-state index contributed by atoms with van der Waals surface area (Å²) in [5.41, 5.74) is 2.92. The van der Waals surface area contributed by atoms with Crippen molar-refractivity contribution >= 4 is 17.5 Å². The van der Waals surface area contributed by atoms with Crippen LogP contribution in [-0.2, 0) is 29.6 Å². The molecule has 1 aromatic heterocycles. The van der Waals surface area contributed by atoms with Crippen molar-refractivity contribution in [1.82, 2.24) is 19.7 Å². The van der Waals surface area contributed by atoms with Gasteiger partial charge in [-0.15, -0.1) is 5.10 Å². The van der Waals surface area contributed by atoms with Crippen molar-refractivity contribution in [1.29, 1.82) is 0 Å². The fraction of sp³-hybridized carbons (Fsp3) is 0.348. The van der Waals surface area contributed by atoms with Gasteiger partial charge in [0.25, 0.3) is 0 Å². The number of hydrogen-bond donors (Lipinski definition) is 3. The third-order valence-electron chi connectivity index (χ3n) is 5.55. The molecule has 15 heteroatoms. The Labute approximate surface area is 216 Å². The smallest absolute Gasteiger partial charge is 0.382 e. The van der Waals surface area contributed by atoms with Gasteiger partial charge in [-0.25, -0.2) is 9.48 Å². The van der Waals surface area contributed by atoms with Crippen LogP contribution < -0.4 is 16.7 Å². The van der Waals surface area contributed by atoms with Crippen molar-refractivity contribution in [2.75, 3.05) is 6.54 Å². The number of aliphatic hydroxyl groups excluding tert-OH is 1. The van der Waals surface area contributed by atoms with E-state index in [1.807, 2.05) is 0 Å². The molecule has 1 amide bonds. The molecule has 1 unspecified atom stereocenters. The van der Waals surface area contributed by atoms with Crippen LogP contribution in [0.25, 0.3) is 11.4 Å². The molecule has 8 nitrogen and oxygen atoms in total. The number of alkyl halides is 6. The van der Waals surface area contributed by atoms with E-state index in [1.165, 1.54) is 43.3 Å². The normalized spacial score (nSPS) is 14.7. The van der Waals surface area contributed by atoms with Gasteiger partial charge in [0.1, 0.15) is 6.54 Å². The van der Waals surface area contributed by atoms with Gasteiger partial charge in [0.05, 0.1) is 17.6 Å². The molecule has 0 spiro atoms. The molecular formula is C23H22ClF6N5O3. The second-order valence-corrected chi connectivity index (χ2v) is 9.15. The maximum absolute atomic E-state index is 13.0. The van der Waals surface area contributed by atoms with Gasteiger partial charge >= 0.3 is 18.0 Å². The second kappa shape index (κ2) is 10.8. The van der Waals surface area contributed by atoms with Crippen molar-refractivity contribution in [2.45, 2.75) is 44.0 Å². The Bertz CT molecular complexity index is 1350. The number of benzene rings is 2. The van der Waals surface area contributed by atoms with E-state index in [1.54, 1.807) is 0 Å². The highest BCUT2D eigenvalue weighted by Gasteiger charge is 2.39. The minimum atomic E-state index is -5.02. The summed E-state index contributed by atoms with van der Waals surface area (Å²) in [7, 11) is 0. The van der Waals surface area contributed by atoms with Crippen LogP contribution in [0, 0.1) is 0 Å². The molecule has 1 heterocycles. The highest BCUT2D eigenvalue weighted by molar-refractivity contribution is 6.30. The third kappa shape index (κ3) is 6.94. The van der Waals surface area contributed by atoms with Crippen LogP contribution in [0.5, 0.6) is 0 Å². The first kappa shape index (κ1) is 29.2. The monoisotopic (exact) mass is 565 g/mol. The highest BCUT2D eigenvalue weighted by atomic mass is 35.5. The Morgan fingerprint density at radius 1 is 1.11 bits per heavy atom. The summed E-state index contributed by atoms with van der Waals surface area (Å²) < 4.78 is 79.2. The lowest BCUT2D eigenvalue weighted by molar-refractivity contribution is -0.207. The molecule has 0 radical (unpaired) electrons. The molecule has 3 rings (SSSR count). The van der Waals surface area contributed by atoms with E-state index in [-0.39, 0.29) is 23.5 Å². The zero-order chi connectivity index (χ0) is 28.5. The zero-order valence-electron chi connectivity index (χ0n) is 19.6. The molecular weight excluding hydrogens is 544 g/mol. The predicted molar refractivity (Wildman–Crippen MR) is 125 cm³/mol. The number of aromatic nitrogens is 3. The summed E-state index contributed by atoms with van der Waals surface area (Å²) in [4.78, 5) is 25.4. The van der Waals surface area contributed by atoms with E-state index in [0.717, 1.165) is 12.1 Å². The quantitative estimate of drug-likeness (QED) is 0.363. The number of rotatable bonds is 8. The van der Waals surface area contributed by atoms with Crippen molar-refractivity contribution in [3.8, 4) is 11.4 Å². The van der Waals surface area contributed by atoms with Crippen LogP contribution in [0.2, 0.25) is 5.02 Å². The zero-order valence-corrected chi connectivity index (χ0v) is 20.4. The number of carbonyl (C=O) groups is 1. The van der Waals surface area contributed by atoms with Crippen molar-refractivity contribution in [3.63, 3.8) is 0 Å². The van der Waals surface area contributed by atoms with Crippen LogP contribution in [0.15, 0.2) is 53.3 Å². The van der Waals surface area contributed by atoms with Gasteiger partial charge in [-0.1, -0.05) is 23.7 Å². The summed E-state index contributed by atoms with van der Waals surface area (Å²) in [6.45, 7) is -0.869. The summed E-state index contributed by atoms with van der Waals surface area (Å²) in [5, 5.41) is 16.2. The first-order chi connectivity index (χ1) is 17.5. The van der Waals surface area contributed by atoms with Gasteiger partial charge in [-0.3, -0.25) is 9.36 Å². The number of halogens is 7. The van der Waals surface area contributed by atoms with Crippen LogP contribution >= 0.6 is 11.6 Å². The summed E-state index contributed by atoms with van der Waals surface area (Å²) >= 11 is 5.83. The molecule has 2 aromatic carbocycles. The number of carbonyl (C=O) groups excluding carboxylic acids is 1. The Morgan fingerprint density at radius 3 is 2.29 bits per heavy atom. The Kier molecular flexibility index (Phi) is 8.29. The molecule has 0 bridgehead atoms. The molecule has 2 atom stereocenters. The highest BCUT2D eigenvalue weighted by Crippen LogP contribution is 2.31. The minimum Gasteiger partial charge on any atom is -0.382 e. The van der Waals surface area contributed by atoms with E-state index in [2.05, 4.69) is 10.4 Å². The number of hydrogen-bond acceptors (Lipinski definition) is 5.